The van der Waals surface area contributed by atoms with Crippen LogP contribution in [0.4, 0.5) is 0 Å². The molecule has 0 amide bonds. The van der Waals surface area contributed by atoms with Gasteiger partial charge >= 0.3 is 0 Å². The first-order chi connectivity index (χ1) is 14.2. The molecule has 2 aliphatic carbocycles. The van der Waals surface area contributed by atoms with Gasteiger partial charge in [-0.25, -0.2) is 0 Å². The van der Waals surface area contributed by atoms with Crippen LogP contribution < -0.4 is 0 Å². The topological polar surface area (TPSA) is 97.6 Å². The molecule has 2 saturated heterocycles. The van der Waals surface area contributed by atoms with Gasteiger partial charge in [0.15, 0.2) is 12.6 Å². The molecule has 0 aromatic carbocycles. The molecule has 0 spiro atoms. The summed E-state index contributed by atoms with van der Waals surface area (Å²) >= 11 is 0. The summed E-state index contributed by atoms with van der Waals surface area (Å²) in [7, 11) is 0. The summed E-state index contributed by atoms with van der Waals surface area (Å²) in [5.41, 5.74) is 0.479. The summed E-state index contributed by atoms with van der Waals surface area (Å²) in [5, 5.41) is 30.5. The molecule has 7 heteroatoms. The van der Waals surface area contributed by atoms with E-state index >= 15 is 0 Å². The van der Waals surface area contributed by atoms with Crippen LogP contribution in [0, 0.1) is 11.3 Å². The van der Waals surface area contributed by atoms with Gasteiger partial charge in [-0.15, -0.1) is 0 Å². The number of ether oxygens (including phenoxy) is 4. The average molecular weight is 429 g/mol. The standard InChI is InChI=1S/C23H40O7/c1-13-21(26)17(24)11-20(27-13)30-22-14(2)28-19(12-18(22)25)29-16-7-9-23(3)8-5-4-6-15(23)10-16/h13-22,24-26H,4-12H2,1-3H3. The molecule has 2 aliphatic heterocycles. The van der Waals surface area contributed by atoms with E-state index in [1.54, 1.807) is 6.92 Å². The van der Waals surface area contributed by atoms with E-state index in [0.29, 0.717) is 11.8 Å². The molecule has 2 heterocycles. The average Bonchev–Trinajstić information content (AvgIpc) is 2.69. The molecule has 30 heavy (non-hydrogen) atoms. The third kappa shape index (κ3) is 4.87. The fraction of sp³-hybridized carbons (Fsp3) is 1.00. The minimum Gasteiger partial charge on any atom is -0.390 e. The Morgan fingerprint density at radius 3 is 2.23 bits per heavy atom. The molecule has 4 rings (SSSR count). The Balaban J connectivity index is 1.28. The number of rotatable bonds is 4. The van der Waals surface area contributed by atoms with Crippen molar-refractivity contribution in [3.05, 3.63) is 0 Å². The second-order valence-electron chi connectivity index (χ2n) is 10.4. The molecule has 174 valence electrons. The maximum Gasteiger partial charge on any atom is 0.161 e. The van der Waals surface area contributed by atoms with Crippen LogP contribution in [0.2, 0.25) is 0 Å². The molecule has 3 N–H and O–H groups in total. The van der Waals surface area contributed by atoms with Crippen molar-refractivity contribution in [3.8, 4) is 0 Å². The highest BCUT2D eigenvalue weighted by molar-refractivity contribution is 4.93. The Kier molecular flexibility index (Phi) is 7.10. The van der Waals surface area contributed by atoms with Crippen molar-refractivity contribution in [3.63, 3.8) is 0 Å². The number of hydrogen-bond donors (Lipinski definition) is 3. The zero-order valence-corrected chi connectivity index (χ0v) is 18.6. The lowest BCUT2D eigenvalue weighted by atomic mass is 9.60. The molecular formula is C23H40O7. The summed E-state index contributed by atoms with van der Waals surface area (Å²) in [6, 6.07) is 0. The van der Waals surface area contributed by atoms with E-state index in [2.05, 4.69) is 6.92 Å². The maximum atomic E-state index is 10.7. The highest BCUT2D eigenvalue weighted by Gasteiger charge is 2.45. The van der Waals surface area contributed by atoms with E-state index in [1.807, 2.05) is 6.92 Å². The van der Waals surface area contributed by atoms with E-state index < -0.39 is 43.1 Å². The van der Waals surface area contributed by atoms with Gasteiger partial charge in [0, 0.05) is 12.8 Å². The fourth-order valence-corrected chi connectivity index (χ4v) is 6.06. The van der Waals surface area contributed by atoms with Gasteiger partial charge in [-0.1, -0.05) is 19.8 Å². The van der Waals surface area contributed by atoms with Crippen molar-refractivity contribution >= 4 is 0 Å². The van der Waals surface area contributed by atoms with Crippen molar-refractivity contribution in [1.82, 2.24) is 0 Å². The number of aliphatic hydroxyl groups is 3. The molecule has 2 saturated carbocycles. The molecule has 11 unspecified atom stereocenters. The zero-order valence-electron chi connectivity index (χ0n) is 18.6. The zero-order chi connectivity index (χ0) is 21.5. The molecule has 11 atom stereocenters. The van der Waals surface area contributed by atoms with Crippen LogP contribution in [0.5, 0.6) is 0 Å². The largest absolute Gasteiger partial charge is 0.390 e. The van der Waals surface area contributed by atoms with Crippen molar-refractivity contribution in [2.24, 2.45) is 11.3 Å². The van der Waals surface area contributed by atoms with E-state index in [4.69, 9.17) is 18.9 Å². The van der Waals surface area contributed by atoms with Gasteiger partial charge in [-0.3, -0.25) is 0 Å². The summed E-state index contributed by atoms with van der Waals surface area (Å²) < 4.78 is 24.0. The van der Waals surface area contributed by atoms with Crippen molar-refractivity contribution in [2.45, 2.75) is 134 Å². The monoisotopic (exact) mass is 428 g/mol. The van der Waals surface area contributed by atoms with Gasteiger partial charge in [0.1, 0.15) is 12.2 Å². The summed E-state index contributed by atoms with van der Waals surface area (Å²) in [6.07, 6.45) is 4.33. The molecule has 0 radical (unpaired) electrons. The van der Waals surface area contributed by atoms with E-state index in [9.17, 15) is 15.3 Å². The Morgan fingerprint density at radius 1 is 0.800 bits per heavy atom. The Morgan fingerprint density at radius 2 is 1.50 bits per heavy atom. The van der Waals surface area contributed by atoms with Crippen LogP contribution in [0.1, 0.15) is 78.6 Å². The van der Waals surface area contributed by atoms with Crippen LogP contribution in [0.25, 0.3) is 0 Å². The molecule has 4 fully saturated rings. The molecule has 0 aromatic rings. The predicted molar refractivity (Wildman–Crippen MR) is 110 cm³/mol. The van der Waals surface area contributed by atoms with Crippen LogP contribution >= 0.6 is 0 Å². The number of aliphatic hydroxyl groups excluding tert-OH is 3. The van der Waals surface area contributed by atoms with E-state index in [-0.39, 0.29) is 18.6 Å². The Hall–Kier alpha value is -0.280. The Labute approximate surface area is 180 Å². The van der Waals surface area contributed by atoms with Gasteiger partial charge in [0.2, 0.25) is 0 Å². The van der Waals surface area contributed by atoms with Crippen molar-refractivity contribution in [1.29, 1.82) is 0 Å². The molecular weight excluding hydrogens is 388 g/mol. The van der Waals surface area contributed by atoms with Gasteiger partial charge in [-0.05, 0) is 57.3 Å². The summed E-state index contributed by atoms with van der Waals surface area (Å²) in [6.45, 7) is 6.02. The SMILES string of the molecule is CC1OC(OC2C(O)CC(OC3CCC4(C)CCCCC4C3)OC2C)CC(O)C1O. The molecule has 0 aromatic heterocycles. The highest BCUT2D eigenvalue weighted by atomic mass is 16.7. The first-order valence-electron chi connectivity index (χ1n) is 11.9. The van der Waals surface area contributed by atoms with Crippen LogP contribution in [0.3, 0.4) is 0 Å². The fourth-order valence-electron chi connectivity index (χ4n) is 6.06. The summed E-state index contributed by atoms with van der Waals surface area (Å²) in [4.78, 5) is 0. The van der Waals surface area contributed by atoms with Gasteiger partial charge in [-0.2, -0.15) is 0 Å². The number of hydrogen-bond acceptors (Lipinski definition) is 7. The van der Waals surface area contributed by atoms with Crippen molar-refractivity contribution < 1.29 is 34.3 Å². The number of fused-ring (bicyclic) bond motifs is 1. The van der Waals surface area contributed by atoms with Crippen LogP contribution in [-0.2, 0) is 18.9 Å². The second-order valence-corrected chi connectivity index (χ2v) is 10.4. The third-order valence-corrected chi connectivity index (χ3v) is 8.09. The highest BCUT2D eigenvalue weighted by Crippen LogP contribution is 2.50. The lowest BCUT2D eigenvalue weighted by Crippen LogP contribution is -2.54. The van der Waals surface area contributed by atoms with Crippen molar-refractivity contribution in [2.75, 3.05) is 0 Å². The van der Waals surface area contributed by atoms with Gasteiger partial charge < -0.3 is 34.3 Å². The van der Waals surface area contributed by atoms with Crippen LogP contribution in [-0.4, -0.2) is 70.6 Å². The lowest BCUT2D eigenvalue weighted by molar-refractivity contribution is -0.317. The first-order valence-corrected chi connectivity index (χ1v) is 11.9. The predicted octanol–water partition coefficient (Wildman–Crippen LogP) is 2.49. The maximum absolute atomic E-state index is 10.7. The first kappa shape index (κ1) is 22.9. The Bertz CT molecular complexity index is 550. The smallest absolute Gasteiger partial charge is 0.161 e. The van der Waals surface area contributed by atoms with Crippen LogP contribution in [0.15, 0.2) is 0 Å². The van der Waals surface area contributed by atoms with Gasteiger partial charge in [0.05, 0.1) is 30.5 Å². The van der Waals surface area contributed by atoms with E-state index in [1.165, 1.54) is 32.1 Å². The minimum absolute atomic E-state index is 0.170. The molecule has 4 aliphatic rings. The molecule has 7 nitrogen and oxygen atoms in total. The molecule has 0 bridgehead atoms. The van der Waals surface area contributed by atoms with Gasteiger partial charge in [0.25, 0.3) is 0 Å². The lowest BCUT2D eigenvalue weighted by Gasteiger charge is -2.48. The third-order valence-electron chi connectivity index (χ3n) is 8.09. The van der Waals surface area contributed by atoms with E-state index in [0.717, 1.165) is 18.8 Å². The second kappa shape index (κ2) is 9.30. The quantitative estimate of drug-likeness (QED) is 0.592. The minimum atomic E-state index is -0.922. The normalized spacial score (nSPS) is 52.6. The summed E-state index contributed by atoms with van der Waals surface area (Å²) in [5.74, 6) is 0.735.